The Morgan fingerprint density at radius 1 is 0.571 bits per heavy atom. The summed E-state index contributed by atoms with van der Waals surface area (Å²) < 4.78 is 0. The molecule has 0 aliphatic rings. The topological polar surface area (TPSA) is 0 Å². The van der Waals surface area contributed by atoms with Crippen molar-refractivity contribution >= 4 is 0 Å². The van der Waals surface area contributed by atoms with E-state index in [1.54, 1.807) is 0 Å². The van der Waals surface area contributed by atoms with Crippen LogP contribution in [0.3, 0.4) is 0 Å². The molecule has 3 rings (SSSR count). The Bertz CT molecular complexity index is 753. The third kappa shape index (κ3) is 2.50. The fraction of sp³-hybridized carbons (Fsp3) is 0.143. The van der Waals surface area contributed by atoms with E-state index in [-0.39, 0.29) is 0 Å². The fourth-order valence-electron chi connectivity index (χ4n) is 3.00. The predicted molar refractivity (Wildman–Crippen MR) is 91.5 cm³/mol. The van der Waals surface area contributed by atoms with Crippen LogP contribution in [0.4, 0.5) is 0 Å². The minimum absolute atomic E-state index is 1.29. The molecule has 0 saturated heterocycles. The maximum atomic E-state index is 2.31. The molecule has 0 heterocycles. The summed E-state index contributed by atoms with van der Waals surface area (Å²) in [5.41, 5.74) is 9.36. The number of rotatable bonds is 2. The van der Waals surface area contributed by atoms with Crippen LogP contribution in [0.5, 0.6) is 0 Å². The first kappa shape index (κ1) is 13.6. The summed E-state index contributed by atoms with van der Waals surface area (Å²) >= 11 is 0. The lowest BCUT2D eigenvalue weighted by molar-refractivity contribution is 1.30. The second-order valence-corrected chi connectivity index (χ2v) is 5.60. The summed E-state index contributed by atoms with van der Waals surface area (Å²) in [5.74, 6) is 0. The zero-order valence-corrected chi connectivity index (χ0v) is 12.9. The first-order valence-corrected chi connectivity index (χ1v) is 7.40. The van der Waals surface area contributed by atoms with Crippen LogP contribution in [0.15, 0.2) is 66.7 Å². The highest BCUT2D eigenvalue weighted by molar-refractivity contribution is 5.81. The molecule has 0 atom stereocenters. The first-order valence-electron chi connectivity index (χ1n) is 7.40. The van der Waals surface area contributed by atoms with Crippen LogP contribution in [0.25, 0.3) is 22.3 Å². The van der Waals surface area contributed by atoms with Gasteiger partial charge in [-0.05, 0) is 59.7 Å². The molecule has 0 saturated carbocycles. The molecule has 0 nitrogen and oxygen atoms in total. The molecular formula is C21H20. The summed E-state index contributed by atoms with van der Waals surface area (Å²) in [7, 11) is 0. The van der Waals surface area contributed by atoms with Gasteiger partial charge in [-0.25, -0.2) is 0 Å². The first-order chi connectivity index (χ1) is 10.2. The van der Waals surface area contributed by atoms with Crippen molar-refractivity contribution in [2.45, 2.75) is 20.8 Å². The standard InChI is InChI=1S/C21H20/c1-15-14-20(18-10-6-4-7-11-18)17(3)21(16(15)2)19-12-8-5-9-13-19/h4-14H,1-3H3. The Kier molecular flexibility index (Phi) is 3.62. The van der Waals surface area contributed by atoms with Crippen molar-refractivity contribution in [3.8, 4) is 22.3 Å². The van der Waals surface area contributed by atoms with Crippen LogP contribution in [0, 0.1) is 20.8 Å². The second kappa shape index (κ2) is 5.57. The van der Waals surface area contributed by atoms with E-state index in [1.807, 2.05) is 0 Å². The molecule has 0 spiro atoms. The van der Waals surface area contributed by atoms with Crippen LogP contribution < -0.4 is 0 Å². The summed E-state index contributed by atoms with van der Waals surface area (Å²) in [4.78, 5) is 0. The van der Waals surface area contributed by atoms with E-state index in [0.717, 1.165) is 0 Å². The highest BCUT2D eigenvalue weighted by Gasteiger charge is 2.13. The highest BCUT2D eigenvalue weighted by Crippen LogP contribution is 2.36. The van der Waals surface area contributed by atoms with E-state index in [2.05, 4.69) is 87.5 Å². The lowest BCUT2D eigenvalue weighted by Gasteiger charge is -2.17. The van der Waals surface area contributed by atoms with E-state index in [1.165, 1.54) is 38.9 Å². The van der Waals surface area contributed by atoms with Crippen LogP contribution >= 0.6 is 0 Å². The molecular weight excluding hydrogens is 252 g/mol. The third-order valence-corrected chi connectivity index (χ3v) is 4.25. The molecule has 0 bridgehead atoms. The summed E-state index contributed by atoms with van der Waals surface area (Å²) in [6, 6.07) is 23.6. The van der Waals surface area contributed by atoms with Gasteiger partial charge in [0.15, 0.2) is 0 Å². The number of hydrogen-bond acceptors (Lipinski definition) is 0. The molecule has 0 heteroatoms. The Labute approximate surface area is 127 Å². The van der Waals surface area contributed by atoms with Crippen molar-refractivity contribution < 1.29 is 0 Å². The normalized spacial score (nSPS) is 10.6. The molecule has 0 aliphatic heterocycles. The summed E-state index contributed by atoms with van der Waals surface area (Å²) in [6.07, 6.45) is 0. The monoisotopic (exact) mass is 272 g/mol. The molecule has 0 fully saturated rings. The lowest BCUT2D eigenvalue weighted by atomic mass is 9.87. The average Bonchev–Trinajstić information content (AvgIpc) is 2.53. The van der Waals surface area contributed by atoms with E-state index in [0.29, 0.717) is 0 Å². The van der Waals surface area contributed by atoms with Crippen molar-refractivity contribution in [3.63, 3.8) is 0 Å². The van der Waals surface area contributed by atoms with E-state index in [9.17, 15) is 0 Å². The van der Waals surface area contributed by atoms with Crippen molar-refractivity contribution in [2.24, 2.45) is 0 Å². The van der Waals surface area contributed by atoms with Crippen molar-refractivity contribution in [1.29, 1.82) is 0 Å². The summed E-state index contributed by atoms with van der Waals surface area (Å²) in [5, 5.41) is 0. The van der Waals surface area contributed by atoms with E-state index < -0.39 is 0 Å². The van der Waals surface area contributed by atoms with Gasteiger partial charge in [0.05, 0.1) is 0 Å². The van der Waals surface area contributed by atoms with E-state index >= 15 is 0 Å². The third-order valence-electron chi connectivity index (χ3n) is 4.25. The predicted octanol–water partition coefficient (Wildman–Crippen LogP) is 5.95. The fourth-order valence-corrected chi connectivity index (χ4v) is 3.00. The molecule has 21 heavy (non-hydrogen) atoms. The largest absolute Gasteiger partial charge is 0.0622 e. The van der Waals surface area contributed by atoms with Gasteiger partial charge >= 0.3 is 0 Å². The molecule has 0 amide bonds. The van der Waals surface area contributed by atoms with Gasteiger partial charge in [-0.1, -0.05) is 66.7 Å². The SMILES string of the molecule is Cc1cc(-c2ccccc2)c(C)c(-c2ccccc2)c1C. The minimum Gasteiger partial charge on any atom is -0.0622 e. The summed E-state index contributed by atoms with van der Waals surface area (Å²) in [6.45, 7) is 6.66. The zero-order valence-electron chi connectivity index (χ0n) is 12.9. The Balaban J connectivity index is 2.29. The zero-order chi connectivity index (χ0) is 14.8. The van der Waals surface area contributed by atoms with Gasteiger partial charge in [-0.3, -0.25) is 0 Å². The Morgan fingerprint density at radius 2 is 1.10 bits per heavy atom. The van der Waals surface area contributed by atoms with Gasteiger partial charge in [0.2, 0.25) is 0 Å². The van der Waals surface area contributed by atoms with Gasteiger partial charge < -0.3 is 0 Å². The molecule has 0 unspecified atom stereocenters. The van der Waals surface area contributed by atoms with E-state index in [4.69, 9.17) is 0 Å². The van der Waals surface area contributed by atoms with Gasteiger partial charge in [0.1, 0.15) is 0 Å². The van der Waals surface area contributed by atoms with Gasteiger partial charge in [0.25, 0.3) is 0 Å². The molecule has 0 aromatic heterocycles. The van der Waals surface area contributed by atoms with Crippen molar-refractivity contribution in [2.75, 3.05) is 0 Å². The lowest BCUT2D eigenvalue weighted by Crippen LogP contribution is -1.95. The average molecular weight is 272 g/mol. The van der Waals surface area contributed by atoms with Crippen LogP contribution in [-0.4, -0.2) is 0 Å². The molecule has 3 aromatic carbocycles. The Morgan fingerprint density at radius 3 is 1.67 bits per heavy atom. The second-order valence-electron chi connectivity index (χ2n) is 5.60. The quantitative estimate of drug-likeness (QED) is 0.541. The molecule has 0 N–H and O–H groups in total. The van der Waals surface area contributed by atoms with Gasteiger partial charge in [-0.15, -0.1) is 0 Å². The van der Waals surface area contributed by atoms with Crippen LogP contribution in [-0.2, 0) is 0 Å². The highest BCUT2D eigenvalue weighted by atomic mass is 14.2. The molecule has 0 radical (unpaired) electrons. The van der Waals surface area contributed by atoms with Crippen molar-refractivity contribution in [3.05, 3.63) is 83.4 Å². The number of aryl methyl sites for hydroxylation is 1. The van der Waals surface area contributed by atoms with Crippen LogP contribution in [0.1, 0.15) is 16.7 Å². The number of hydrogen-bond donors (Lipinski definition) is 0. The maximum absolute atomic E-state index is 2.31. The maximum Gasteiger partial charge on any atom is -0.0117 e. The van der Waals surface area contributed by atoms with Crippen LogP contribution in [0.2, 0.25) is 0 Å². The molecule has 3 aromatic rings. The van der Waals surface area contributed by atoms with Gasteiger partial charge in [-0.2, -0.15) is 0 Å². The molecule has 0 aliphatic carbocycles. The minimum atomic E-state index is 1.29. The smallest absolute Gasteiger partial charge is 0.0117 e. The van der Waals surface area contributed by atoms with Crippen molar-refractivity contribution in [1.82, 2.24) is 0 Å². The number of benzene rings is 3. The van der Waals surface area contributed by atoms with Gasteiger partial charge in [0, 0.05) is 0 Å². The molecule has 104 valence electrons. The Hall–Kier alpha value is -2.34.